The summed E-state index contributed by atoms with van der Waals surface area (Å²) in [6.07, 6.45) is 1.60. The molecule has 0 fully saturated rings. The van der Waals surface area contributed by atoms with Crippen molar-refractivity contribution in [2.45, 2.75) is 25.5 Å². The third-order valence-electron chi connectivity index (χ3n) is 3.70. The van der Waals surface area contributed by atoms with Crippen LogP contribution in [0.5, 0.6) is 0 Å². The normalized spacial score (nSPS) is 12.2. The van der Waals surface area contributed by atoms with E-state index in [1.807, 2.05) is 6.92 Å². The maximum atomic E-state index is 12.8. The molecule has 0 saturated carbocycles. The van der Waals surface area contributed by atoms with Gasteiger partial charge in [0.05, 0.1) is 18.8 Å². The number of hydrogen-bond acceptors (Lipinski definition) is 8. The van der Waals surface area contributed by atoms with Crippen molar-refractivity contribution in [3.05, 3.63) is 40.0 Å². The van der Waals surface area contributed by atoms with Crippen LogP contribution in [0, 0.1) is 13.8 Å². The monoisotopic (exact) mass is 383 g/mol. The van der Waals surface area contributed by atoms with E-state index < -0.39 is 10.0 Å². The van der Waals surface area contributed by atoms with Gasteiger partial charge in [-0.1, -0.05) is 5.16 Å². The summed E-state index contributed by atoms with van der Waals surface area (Å²) in [5.74, 6) is 0.683. The van der Waals surface area contributed by atoms with E-state index in [1.165, 1.54) is 23.5 Å². The molecule has 0 spiro atoms. The summed E-state index contributed by atoms with van der Waals surface area (Å²) in [6, 6.07) is 2.90. The number of hydrogen-bond donors (Lipinski definition) is 1. The molecule has 0 amide bonds. The zero-order valence-electron chi connectivity index (χ0n) is 13.7. The van der Waals surface area contributed by atoms with Crippen LogP contribution in [-0.4, -0.2) is 41.1 Å². The fourth-order valence-corrected chi connectivity index (χ4v) is 4.25. The molecule has 3 rings (SSSR count). The number of aromatic nitrogens is 2. The number of rotatable bonds is 7. The Labute approximate surface area is 148 Å². The average molecular weight is 383 g/mol. The lowest BCUT2D eigenvalue weighted by atomic mass is 10.2. The van der Waals surface area contributed by atoms with Gasteiger partial charge in [-0.25, -0.2) is 13.4 Å². The predicted molar refractivity (Wildman–Crippen MR) is 90.5 cm³/mol. The van der Waals surface area contributed by atoms with Crippen LogP contribution in [0.4, 0.5) is 0 Å². The van der Waals surface area contributed by atoms with Gasteiger partial charge in [0.15, 0.2) is 5.76 Å². The van der Waals surface area contributed by atoms with Crippen LogP contribution in [-0.2, 0) is 16.6 Å². The van der Waals surface area contributed by atoms with Gasteiger partial charge in [-0.05, 0) is 26.0 Å². The van der Waals surface area contributed by atoms with E-state index in [0.717, 1.165) is 9.87 Å². The number of furan rings is 1. The predicted octanol–water partition coefficient (Wildman–Crippen LogP) is 2.19. The van der Waals surface area contributed by atoms with Gasteiger partial charge in [-0.15, -0.1) is 11.3 Å². The van der Waals surface area contributed by atoms with Gasteiger partial charge in [0.1, 0.15) is 5.01 Å². The minimum absolute atomic E-state index is 0.0572. The standard InChI is InChI=1S/C15H17N3O5S2/c1-10-11(2)17-23-15(10)12-3-4-14(22-12)25(20,21)18(6-7-19)9-13-16-5-8-24-13/h3-5,8,19H,6-7,9H2,1-2H3. The Bertz CT molecular complexity index is 944. The lowest BCUT2D eigenvalue weighted by molar-refractivity contribution is 0.248. The molecule has 0 radical (unpaired) electrons. The summed E-state index contributed by atoms with van der Waals surface area (Å²) in [7, 11) is -3.92. The SMILES string of the molecule is Cc1noc(-c2ccc(S(=O)(=O)N(CCO)Cc3nccs3)o2)c1C. The van der Waals surface area contributed by atoms with Gasteiger partial charge in [0, 0.05) is 23.7 Å². The highest BCUT2D eigenvalue weighted by Gasteiger charge is 2.29. The van der Waals surface area contributed by atoms with Crippen molar-refractivity contribution >= 4 is 21.4 Å². The molecule has 134 valence electrons. The van der Waals surface area contributed by atoms with E-state index in [1.54, 1.807) is 18.5 Å². The van der Waals surface area contributed by atoms with Gasteiger partial charge >= 0.3 is 0 Å². The molecule has 10 heteroatoms. The molecule has 3 aromatic heterocycles. The van der Waals surface area contributed by atoms with Crippen molar-refractivity contribution in [2.75, 3.05) is 13.2 Å². The molecular weight excluding hydrogens is 366 g/mol. The van der Waals surface area contributed by atoms with Crippen molar-refractivity contribution in [3.8, 4) is 11.5 Å². The van der Waals surface area contributed by atoms with Crippen LogP contribution in [0.2, 0.25) is 0 Å². The quantitative estimate of drug-likeness (QED) is 0.666. The third kappa shape index (κ3) is 3.52. The van der Waals surface area contributed by atoms with Crippen molar-refractivity contribution in [2.24, 2.45) is 0 Å². The Morgan fingerprint density at radius 2 is 2.12 bits per heavy atom. The highest BCUT2D eigenvalue weighted by atomic mass is 32.2. The van der Waals surface area contributed by atoms with Gasteiger partial charge in [-0.3, -0.25) is 0 Å². The molecule has 0 atom stereocenters. The molecule has 0 aromatic carbocycles. The Kier molecular flexibility index (Phi) is 5.04. The average Bonchev–Trinajstić information content (AvgIpc) is 3.30. The zero-order valence-corrected chi connectivity index (χ0v) is 15.3. The van der Waals surface area contributed by atoms with Gasteiger partial charge in [0.25, 0.3) is 10.0 Å². The fraction of sp³-hybridized carbons (Fsp3) is 0.333. The number of nitrogens with zero attached hydrogens (tertiary/aromatic N) is 3. The summed E-state index contributed by atoms with van der Waals surface area (Å²) in [4.78, 5) is 4.09. The van der Waals surface area contributed by atoms with Crippen molar-refractivity contribution < 1.29 is 22.5 Å². The molecule has 3 heterocycles. The van der Waals surface area contributed by atoms with Crippen LogP contribution in [0.3, 0.4) is 0 Å². The molecular formula is C15H17N3O5S2. The number of aliphatic hydroxyl groups is 1. The molecule has 0 aliphatic heterocycles. The zero-order chi connectivity index (χ0) is 18.0. The lowest BCUT2D eigenvalue weighted by Crippen LogP contribution is -2.32. The molecule has 3 aromatic rings. The number of sulfonamides is 1. The van der Waals surface area contributed by atoms with E-state index in [2.05, 4.69) is 10.1 Å². The molecule has 0 aliphatic rings. The van der Waals surface area contributed by atoms with Crippen molar-refractivity contribution in [3.63, 3.8) is 0 Å². The number of aliphatic hydroxyl groups excluding tert-OH is 1. The Morgan fingerprint density at radius 3 is 2.72 bits per heavy atom. The molecule has 0 bridgehead atoms. The third-order valence-corrected chi connectivity index (χ3v) is 6.18. The van der Waals surface area contributed by atoms with Crippen LogP contribution in [0.1, 0.15) is 16.3 Å². The molecule has 1 N–H and O–H groups in total. The van der Waals surface area contributed by atoms with E-state index in [-0.39, 0.29) is 30.5 Å². The van der Waals surface area contributed by atoms with E-state index in [0.29, 0.717) is 16.5 Å². The maximum Gasteiger partial charge on any atom is 0.276 e. The minimum atomic E-state index is -3.92. The first-order valence-electron chi connectivity index (χ1n) is 7.46. The molecule has 0 aliphatic carbocycles. The Morgan fingerprint density at radius 1 is 1.32 bits per heavy atom. The topological polar surface area (TPSA) is 110 Å². The summed E-state index contributed by atoms with van der Waals surface area (Å²) in [6.45, 7) is 3.31. The van der Waals surface area contributed by atoms with Crippen LogP contribution >= 0.6 is 11.3 Å². The second-order valence-electron chi connectivity index (χ2n) is 5.33. The number of thiazole rings is 1. The summed E-state index contributed by atoms with van der Waals surface area (Å²) >= 11 is 1.34. The molecule has 0 saturated heterocycles. The highest BCUT2D eigenvalue weighted by molar-refractivity contribution is 7.89. The van der Waals surface area contributed by atoms with Crippen molar-refractivity contribution in [1.82, 2.24) is 14.4 Å². The highest BCUT2D eigenvalue weighted by Crippen LogP contribution is 2.30. The van der Waals surface area contributed by atoms with Gasteiger partial charge in [-0.2, -0.15) is 4.31 Å². The summed E-state index contributed by atoms with van der Waals surface area (Å²) in [5, 5.41) is 15.2. The lowest BCUT2D eigenvalue weighted by Gasteiger charge is -2.18. The smallest absolute Gasteiger partial charge is 0.276 e. The van der Waals surface area contributed by atoms with Gasteiger partial charge in [0.2, 0.25) is 10.9 Å². The van der Waals surface area contributed by atoms with Crippen LogP contribution in [0.15, 0.2) is 37.7 Å². The fourth-order valence-electron chi connectivity index (χ4n) is 2.23. The van der Waals surface area contributed by atoms with E-state index in [4.69, 9.17) is 8.94 Å². The Hall–Kier alpha value is -2.01. The first-order valence-corrected chi connectivity index (χ1v) is 9.78. The largest absolute Gasteiger partial charge is 0.440 e. The number of aryl methyl sites for hydroxylation is 1. The summed E-state index contributed by atoms with van der Waals surface area (Å²) in [5.41, 5.74) is 1.50. The maximum absolute atomic E-state index is 12.8. The first-order chi connectivity index (χ1) is 11.9. The van der Waals surface area contributed by atoms with Crippen molar-refractivity contribution in [1.29, 1.82) is 0 Å². The second kappa shape index (κ2) is 7.08. The van der Waals surface area contributed by atoms with E-state index in [9.17, 15) is 13.5 Å². The van der Waals surface area contributed by atoms with Crippen LogP contribution < -0.4 is 0 Å². The summed E-state index contributed by atoms with van der Waals surface area (Å²) < 4.78 is 37.5. The molecule has 0 unspecified atom stereocenters. The van der Waals surface area contributed by atoms with Gasteiger partial charge < -0.3 is 14.0 Å². The first kappa shape index (κ1) is 17.8. The van der Waals surface area contributed by atoms with Crippen LogP contribution in [0.25, 0.3) is 11.5 Å². The minimum Gasteiger partial charge on any atom is -0.440 e. The van der Waals surface area contributed by atoms with E-state index >= 15 is 0 Å². The second-order valence-corrected chi connectivity index (χ2v) is 8.18. The Balaban J connectivity index is 1.91. The molecule has 25 heavy (non-hydrogen) atoms. The molecule has 8 nitrogen and oxygen atoms in total.